The van der Waals surface area contributed by atoms with Crippen LogP contribution in [0, 0.1) is 6.92 Å². The molecular formula is C15H13FO. The highest BCUT2D eigenvalue weighted by Gasteiger charge is 2.08. The first-order valence-corrected chi connectivity index (χ1v) is 5.47. The van der Waals surface area contributed by atoms with E-state index >= 15 is 0 Å². The average molecular weight is 228 g/mol. The van der Waals surface area contributed by atoms with E-state index in [-0.39, 0.29) is 5.78 Å². The highest BCUT2D eigenvalue weighted by Crippen LogP contribution is 2.13. The van der Waals surface area contributed by atoms with E-state index < -0.39 is 6.67 Å². The maximum absolute atomic E-state index is 12.5. The van der Waals surface area contributed by atoms with E-state index in [1.807, 2.05) is 19.1 Å². The standard InChI is InChI=1S/C15H13FO/c1-11-5-7-13(8-6-11)15(17)14-4-2-3-12(9-14)10-16/h2-9H,10H2,1H3. The van der Waals surface area contributed by atoms with E-state index in [4.69, 9.17) is 0 Å². The SMILES string of the molecule is Cc1ccc(C(=O)c2cccc(CF)c2)cc1. The summed E-state index contributed by atoms with van der Waals surface area (Å²) in [6.07, 6.45) is 0. The minimum Gasteiger partial charge on any atom is -0.289 e. The summed E-state index contributed by atoms with van der Waals surface area (Å²) in [6.45, 7) is 1.42. The zero-order chi connectivity index (χ0) is 12.3. The predicted molar refractivity (Wildman–Crippen MR) is 65.9 cm³/mol. The minimum atomic E-state index is -0.547. The molecule has 0 fully saturated rings. The maximum Gasteiger partial charge on any atom is 0.193 e. The summed E-state index contributed by atoms with van der Waals surface area (Å²) in [4.78, 5) is 12.1. The number of carbonyl (C=O) groups excluding carboxylic acids is 1. The van der Waals surface area contributed by atoms with Crippen LogP contribution in [0.5, 0.6) is 0 Å². The van der Waals surface area contributed by atoms with Crippen LogP contribution in [0.2, 0.25) is 0 Å². The molecule has 0 aliphatic carbocycles. The zero-order valence-electron chi connectivity index (χ0n) is 9.61. The van der Waals surface area contributed by atoms with Crippen molar-refractivity contribution in [2.24, 2.45) is 0 Å². The van der Waals surface area contributed by atoms with Crippen LogP contribution < -0.4 is 0 Å². The van der Waals surface area contributed by atoms with Crippen molar-refractivity contribution in [3.05, 3.63) is 70.8 Å². The quantitative estimate of drug-likeness (QED) is 0.732. The number of alkyl halides is 1. The minimum absolute atomic E-state index is 0.0692. The van der Waals surface area contributed by atoms with Crippen LogP contribution in [0.1, 0.15) is 27.0 Å². The molecule has 0 aliphatic heterocycles. The lowest BCUT2D eigenvalue weighted by Crippen LogP contribution is -2.01. The smallest absolute Gasteiger partial charge is 0.193 e. The Morgan fingerprint density at radius 1 is 1.06 bits per heavy atom. The van der Waals surface area contributed by atoms with E-state index in [9.17, 15) is 9.18 Å². The van der Waals surface area contributed by atoms with Gasteiger partial charge in [-0.3, -0.25) is 4.79 Å². The molecule has 1 nitrogen and oxygen atoms in total. The predicted octanol–water partition coefficient (Wildman–Crippen LogP) is 3.70. The van der Waals surface area contributed by atoms with Crippen LogP contribution in [-0.2, 0) is 6.67 Å². The molecule has 0 aromatic heterocycles. The number of benzene rings is 2. The lowest BCUT2D eigenvalue weighted by atomic mass is 10.0. The Hall–Kier alpha value is -1.96. The molecule has 0 spiro atoms. The van der Waals surface area contributed by atoms with Crippen LogP contribution in [0.15, 0.2) is 48.5 Å². The molecule has 0 aliphatic rings. The second kappa shape index (κ2) is 4.91. The van der Waals surface area contributed by atoms with Gasteiger partial charge >= 0.3 is 0 Å². The lowest BCUT2D eigenvalue weighted by Gasteiger charge is -2.03. The first kappa shape index (κ1) is 11.5. The molecule has 2 aromatic rings. The largest absolute Gasteiger partial charge is 0.289 e. The van der Waals surface area contributed by atoms with Crippen LogP contribution in [0.3, 0.4) is 0 Å². The first-order valence-electron chi connectivity index (χ1n) is 5.47. The molecule has 2 aromatic carbocycles. The van der Waals surface area contributed by atoms with Gasteiger partial charge in [-0.25, -0.2) is 4.39 Å². The van der Waals surface area contributed by atoms with Crippen molar-refractivity contribution in [3.8, 4) is 0 Å². The molecule has 2 heteroatoms. The Morgan fingerprint density at radius 2 is 1.76 bits per heavy atom. The summed E-state index contributed by atoms with van der Waals surface area (Å²) < 4.78 is 12.5. The van der Waals surface area contributed by atoms with Crippen molar-refractivity contribution >= 4 is 5.78 Å². The second-order valence-electron chi connectivity index (χ2n) is 4.03. The average Bonchev–Trinajstić information content (AvgIpc) is 2.39. The highest BCUT2D eigenvalue weighted by molar-refractivity contribution is 6.09. The van der Waals surface area contributed by atoms with E-state index in [2.05, 4.69) is 0 Å². The second-order valence-corrected chi connectivity index (χ2v) is 4.03. The number of halogens is 1. The number of ketones is 1. The molecule has 0 saturated heterocycles. The molecule has 0 amide bonds. The van der Waals surface area contributed by atoms with Gasteiger partial charge in [-0.05, 0) is 18.6 Å². The fourth-order valence-electron chi connectivity index (χ4n) is 1.67. The first-order chi connectivity index (χ1) is 8.20. The monoisotopic (exact) mass is 228 g/mol. The summed E-state index contributed by atoms with van der Waals surface area (Å²) in [5, 5.41) is 0. The third-order valence-corrected chi connectivity index (χ3v) is 2.66. The Morgan fingerprint density at radius 3 is 2.41 bits per heavy atom. The third kappa shape index (κ3) is 2.59. The molecule has 0 N–H and O–H groups in total. The molecule has 0 atom stereocenters. The molecule has 0 heterocycles. The molecule has 86 valence electrons. The van der Waals surface area contributed by atoms with Crippen molar-refractivity contribution in [2.45, 2.75) is 13.6 Å². The van der Waals surface area contributed by atoms with E-state index in [1.165, 1.54) is 0 Å². The van der Waals surface area contributed by atoms with Gasteiger partial charge < -0.3 is 0 Å². The highest BCUT2D eigenvalue weighted by atomic mass is 19.1. The van der Waals surface area contributed by atoms with Crippen molar-refractivity contribution < 1.29 is 9.18 Å². The fourth-order valence-corrected chi connectivity index (χ4v) is 1.67. The lowest BCUT2D eigenvalue weighted by molar-refractivity contribution is 0.103. The molecule has 0 saturated carbocycles. The normalized spacial score (nSPS) is 10.2. The molecular weight excluding hydrogens is 215 g/mol. The van der Waals surface area contributed by atoms with Crippen molar-refractivity contribution in [1.82, 2.24) is 0 Å². The summed E-state index contributed by atoms with van der Waals surface area (Å²) in [7, 11) is 0. The number of hydrogen-bond acceptors (Lipinski definition) is 1. The Balaban J connectivity index is 2.33. The number of carbonyl (C=O) groups is 1. The van der Waals surface area contributed by atoms with Gasteiger partial charge in [0.1, 0.15) is 6.67 Å². The topological polar surface area (TPSA) is 17.1 Å². The Kier molecular flexibility index (Phi) is 3.33. The van der Waals surface area contributed by atoms with Crippen molar-refractivity contribution in [3.63, 3.8) is 0 Å². The van der Waals surface area contributed by atoms with Gasteiger partial charge in [0, 0.05) is 11.1 Å². The van der Waals surface area contributed by atoms with Crippen LogP contribution in [0.4, 0.5) is 4.39 Å². The molecule has 17 heavy (non-hydrogen) atoms. The Bertz CT molecular complexity index is 529. The van der Waals surface area contributed by atoms with Crippen LogP contribution >= 0.6 is 0 Å². The van der Waals surface area contributed by atoms with Crippen LogP contribution in [-0.4, -0.2) is 5.78 Å². The third-order valence-electron chi connectivity index (χ3n) is 2.66. The molecule has 0 radical (unpaired) electrons. The number of rotatable bonds is 3. The molecule has 0 bridgehead atoms. The van der Waals surface area contributed by atoms with Gasteiger partial charge in [-0.15, -0.1) is 0 Å². The molecule has 0 unspecified atom stereocenters. The summed E-state index contributed by atoms with van der Waals surface area (Å²) >= 11 is 0. The zero-order valence-corrected chi connectivity index (χ0v) is 9.61. The summed E-state index contributed by atoms with van der Waals surface area (Å²) in [6, 6.07) is 14.1. The van der Waals surface area contributed by atoms with Gasteiger partial charge in [0.05, 0.1) is 0 Å². The maximum atomic E-state index is 12.5. The Labute approximate surface area is 99.9 Å². The van der Waals surface area contributed by atoms with Gasteiger partial charge in [-0.2, -0.15) is 0 Å². The van der Waals surface area contributed by atoms with Gasteiger partial charge in [0.25, 0.3) is 0 Å². The van der Waals surface area contributed by atoms with E-state index in [0.29, 0.717) is 16.7 Å². The van der Waals surface area contributed by atoms with Gasteiger partial charge in [0.15, 0.2) is 5.78 Å². The molecule has 2 rings (SSSR count). The van der Waals surface area contributed by atoms with Crippen molar-refractivity contribution in [2.75, 3.05) is 0 Å². The summed E-state index contributed by atoms with van der Waals surface area (Å²) in [5.74, 6) is -0.0692. The number of hydrogen-bond donors (Lipinski definition) is 0. The van der Waals surface area contributed by atoms with Crippen molar-refractivity contribution in [1.29, 1.82) is 0 Å². The van der Waals surface area contributed by atoms with Gasteiger partial charge in [-0.1, -0.05) is 48.0 Å². The van der Waals surface area contributed by atoms with E-state index in [0.717, 1.165) is 5.56 Å². The number of aryl methyl sites for hydroxylation is 1. The van der Waals surface area contributed by atoms with E-state index in [1.54, 1.807) is 36.4 Å². The van der Waals surface area contributed by atoms with Gasteiger partial charge in [0.2, 0.25) is 0 Å². The fraction of sp³-hybridized carbons (Fsp3) is 0.133. The van der Waals surface area contributed by atoms with Crippen LogP contribution in [0.25, 0.3) is 0 Å². The summed E-state index contributed by atoms with van der Waals surface area (Å²) in [5.41, 5.74) is 2.80.